The summed E-state index contributed by atoms with van der Waals surface area (Å²) in [5.74, 6) is 0.0918. The van der Waals surface area contributed by atoms with Crippen molar-refractivity contribution in [3.8, 4) is 16.9 Å². The van der Waals surface area contributed by atoms with Crippen LogP contribution >= 0.6 is 0 Å². The number of aryl methyl sites for hydroxylation is 1. The summed E-state index contributed by atoms with van der Waals surface area (Å²) in [6.45, 7) is 2.76. The first-order valence-corrected chi connectivity index (χ1v) is 11.2. The second kappa shape index (κ2) is 12.8. The summed E-state index contributed by atoms with van der Waals surface area (Å²) < 4.78 is 5.57. The Labute approximate surface area is 186 Å². The Bertz CT molecular complexity index is 862. The van der Waals surface area contributed by atoms with Gasteiger partial charge < -0.3 is 14.7 Å². The molecule has 2 aromatic rings. The molecule has 0 aliphatic rings. The standard InChI is InChI=1S/C26H35NO4/c1-4-5-6-7-8-12-25(28)27(2)19-21-10-9-11-22(17-21)23-15-13-20(14-16-26(29)30)18-24(23)31-3/h9-11,13,15,17-18H,4-8,12,14,16,19H2,1-3H3,(H,29,30). The van der Waals surface area contributed by atoms with Crippen molar-refractivity contribution < 1.29 is 19.4 Å². The minimum atomic E-state index is -0.810. The second-order valence-corrected chi connectivity index (χ2v) is 8.04. The van der Waals surface area contributed by atoms with Crippen LogP contribution in [0.25, 0.3) is 11.1 Å². The lowest BCUT2D eigenvalue weighted by Crippen LogP contribution is -2.25. The van der Waals surface area contributed by atoms with Crippen LogP contribution in [0.1, 0.15) is 63.0 Å². The first kappa shape index (κ1) is 24.4. The number of amides is 1. The van der Waals surface area contributed by atoms with Crippen molar-refractivity contribution in [1.29, 1.82) is 0 Å². The zero-order valence-electron chi connectivity index (χ0n) is 19.0. The van der Waals surface area contributed by atoms with Gasteiger partial charge in [-0.05, 0) is 41.7 Å². The van der Waals surface area contributed by atoms with E-state index in [1.165, 1.54) is 19.3 Å². The highest BCUT2D eigenvalue weighted by Gasteiger charge is 2.12. The van der Waals surface area contributed by atoms with E-state index in [0.717, 1.165) is 40.8 Å². The predicted octanol–water partition coefficient (Wildman–Crippen LogP) is 5.70. The summed E-state index contributed by atoms with van der Waals surface area (Å²) in [7, 11) is 3.48. The van der Waals surface area contributed by atoms with Gasteiger partial charge in [0.25, 0.3) is 0 Å². The molecule has 0 fully saturated rings. The lowest BCUT2D eigenvalue weighted by Gasteiger charge is -2.18. The van der Waals surface area contributed by atoms with Gasteiger partial charge in [0, 0.05) is 32.0 Å². The molecule has 0 spiro atoms. The number of carboxylic acid groups (broad SMARTS) is 1. The quantitative estimate of drug-likeness (QED) is 0.418. The van der Waals surface area contributed by atoms with Crippen LogP contribution < -0.4 is 4.74 Å². The minimum absolute atomic E-state index is 0.0942. The molecule has 1 amide bonds. The van der Waals surface area contributed by atoms with Crippen LogP contribution in [0.4, 0.5) is 0 Å². The molecule has 0 aliphatic carbocycles. The van der Waals surface area contributed by atoms with Crippen molar-refractivity contribution in [2.75, 3.05) is 14.2 Å². The molecule has 5 nitrogen and oxygen atoms in total. The van der Waals surface area contributed by atoms with Crippen molar-refractivity contribution in [3.63, 3.8) is 0 Å². The van der Waals surface area contributed by atoms with E-state index in [1.807, 2.05) is 43.4 Å². The largest absolute Gasteiger partial charge is 0.496 e. The van der Waals surface area contributed by atoms with Crippen molar-refractivity contribution in [2.24, 2.45) is 0 Å². The number of benzene rings is 2. The predicted molar refractivity (Wildman–Crippen MR) is 124 cm³/mol. The Kier molecular flexibility index (Phi) is 10.1. The van der Waals surface area contributed by atoms with E-state index < -0.39 is 5.97 Å². The number of ether oxygens (including phenoxy) is 1. The summed E-state index contributed by atoms with van der Waals surface area (Å²) in [6, 6.07) is 13.9. The monoisotopic (exact) mass is 425 g/mol. The van der Waals surface area contributed by atoms with Crippen molar-refractivity contribution >= 4 is 11.9 Å². The zero-order chi connectivity index (χ0) is 22.6. The van der Waals surface area contributed by atoms with Crippen molar-refractivity contribution in [2.45, 2.75) is 64.8 Å². The number of unbranched alkanes of at least 4 members (excludes halogenated alkanes) is 4. The van der Waals surface area contributed by atoms with E-state index >= 15 is 0 Å². The fourth-order valence-electron chi connectivity index (χ4n) is 3.65. The third kappa shape index (κ3) is 8.08. The lowest BCUT2D eigenvalue weighted by molar-refractivity contribution is -0.137. The molecule has 0 saturated carbocycles. The summed E-state index contributed by atoms with van der Waals surface area (Å²) >= 11 is 0. The van der Waals surface area contributed by atoms with Gasteiger partial charge in [0.2, 0.25) is 5.91 Å². The summed E-state index contributed by atoms with van der Waals surface area (Å²) in [5, 5.41) is 8.90. The fourth-order valence-corrected chi connectivity index (χ4v) is 3.65. The third-order valence-corrected chi connectivity index (χ3v) is 5.47. The summed E-state index contributed by atoms with van der Waals surface area (Å²) in [4.78, 5) is 25.1. The van der Waals surface area contributed by atoms with Crippen molar-refractivity contribution in [1.82, 2.24) is 4.90 Å². The highest BCUT2D eigenvalue weighted by atomic mass is 16.5. The maximum absolute atomic E-state index is 12.4. The molecule has 0 unspecified atom stereocenters. The molecule has 168 valence electrons. The Morgan fingerprint density at radius 3 is 2.45 bits per heavy atom. The van der Waals surface area contributed by atoms with Gasteiger partial charge in [-0.25, -0.2) is 0 Å². The van der Waals surface area contributed by atoms with Gasteiger partial charge in [0.15, 0.2) is 0 Å². The number of aliphatic carboxylic acids is 1. The Morgan fingerprint density at radius 2 is 1.74 bits per heavy atom. The number of nitrogens with zero attached hydrogens (tertiary/aromatic N) is 1. The van der Waals surface area contributed by atoms with Crippen LogP contribution in [-0.2, 0) is 22.6 Å². The highest BCUT2D eigenvalue weighted by Crippen LogP contribution is 2.32. The van der Waals surface area contributed by atoms with E-state index in [4.69, 9.17) is 9.84 Å². The molecule has 0 aromatic heterocycles. The topological polar surface area (TPSA) is 66.8 Å². The minimum Gasteiger partial charge on any atom is -0.496 e. The molecule has 1 N–H and O–H groups in total. The molecule has 0 saturated heterocycles. The average molecular weight is 426 g/mol. The Hall–Kier alpha value is -2.82. The number of carbonyl (C=O) groups excluding carboxylic acids is 1. The first-order chi connectivity index (χ1) is 14.9. The molecule has 2 aromatic carbocycles. The van der Waals surface area contributed by atoms with Gasteiger partial charge in [-0.3, -0.25) is 9.59 Å². The van der Waals surface area contributed by atoms with E-state index in [2.05, 4.69) is 13.0 Å². The summed E-state index contributed by atoms with van der Waals surface area (Å²) in [5.41, 5.74) is 3.97. The lowest BCUT2D eigenvalue weighted by atomic mass is 9.99. The maximum atomic E-state index is 12.4. The molecule has 0 radical (unpaired) electrons. The zero-order valence-corrected chi connectivity index (χ0v) is 19.0. The SMILES string of the molecule is CCCCCCCC(=O)N(C)Cc1cccc(-c2ccc(CCC(=O)O)cc2OC)c1. The number of hydrogen-bond donors (Lipinski definition) is 1. The normalized spacial score (nSPS) is 10.7. The van der Waals surface area contributed by atoms with Crippen LogP contribution in [0.15, 0.2) is 42.5 Å². The Balaban J connectivity index is 2.04. The van der Waals surface area contributed by atoms with E-state index in [9.17, 15) is 9.59 Å². The van der Waals surface area contributed by atoms with E-state index in [1.54, 1.807) is 12.0 Å². The van der Waals surface area contributed by atoms with Gasteiger partial charge in [0.1, 0.15) is 5.75 Å². The number of methoxy groups -OCH3 is 1. The van der Waals surface area contributed by atoms with Gasteiger partial charge in [-0.1, -0.05) is 62.9 Å². The van der Waals surface area contributed by atoms with Crippen LogP contribution in [0.5, 0.6) is 5.75 Å². The first-order valence-electron chi connectivity index (χ1n) is 11.2. The maximum Gasteiger partial charge on any atom is 0.303 e. The molecular weight excluding hydrogens is 390 g/mol. The molecular formula is C26H35NO4. The van der Waals surface area contributed by atoms with Crippen LogP contribution in [0, 0.1) is 0 Å². The molecule has 31 heavy (non-hydrogen) atoms. The van der Waals surface area contributed by atoms with Crippen LogP contribution in [0.3, 0.4) is 0 Å². The second-order valence-electron chi connectivity index (χ2n) is 8.04. The number of carboxylic acids is 1. The van der Waals surface area contributed by atoms with E-state index in [0.29, 0.717) is 19.4 Å². The molecule has 0 aliphatic heterocycles. The van der Waals surface area contributed by atoms with E-state index in [-0.39, 0.29) is 12.3 Å². The van der Waals surface area contributed by atoms with Gasteiger partial charge >= 0.3 is 5.97 Å². The van der Waals surface area contributed by atoms with Gasteiger partial charge in [-0.15, -0.1) is 0 Å². The van der Waals surface area contributed by atoms with Gasteiger partial charge in [-0.2, -0.15) is 0 Å². The fraction of sp³-hybridized carbons (Fsp3) is 0.462. The average Bonchev–Trinajstić information content (AvgIpc) is 2.77. The van der Waals surface area contributed by atoms with Gasteiger partial charge in [0.05, 0.1) is 7.11 Å². The number of rotatable bonds is 13. The molecule has 0 bridgehead atoms. The number of hydrogen-bond acceptors (Lipinski definition) is 3. The Morgan fingerprint density at radius 1 is 0.968 bits per heavy atom. The highest BCUT2D eigenvalue weighted by molar-refractivity contribution is 5.76. The van der Waals surface area contributed by atoms with Crippen LogP contribution in [-0.4, -0.2) is 36.0 Å². The van der Waals surface area contributed by atoms with Crippen molar-refractivity contribution in [3.05, 3.63) is 53.6 Å². The van der Waals surface area contributed by atoms with Crippen LogP contribution in [0.2, 0.25) is 0 Å². The number of carbonyl (C=O) groups is 2. The molecule has 2 rings (SSSR count). The molecule has 0 atom stereocenters. The smallest absolute Gasteiger partial charge is 0.303 e. The third-order valence-electron chi connectivity index (χ3n) is 5.47. The summed E-state index contributed by atoms with van der Waals surface area (Å²) in [6.07, 6.45) is 6.88. The molecule has 5 heteroatoms. The molecule has 0 heterocycles.